The molecule has 1 aliphatic rings. The van der Waals surface area contributed by atoms with Crippen LogP contribution >= 0.6 is 0 Å². The van der Waals surface area contributed by atoms with Gasteiger partial charge in [-0.15, -0.1) is 0 Å². The van der Waals surface area contributed by atoms with E-state index in [4.69, 9.17) is 4.74 Å². The van der Waals surface area contributed by atoms with E-state index in [2.05, 4.69) is 6.92 Å². The number of para-hydroxylation sites is 2. The van der Waals surface area contributed by atoms with E-state index >= 15 is 0 Å². The predicted molar refractivity (Wildman–Crippen MR) is 93.0 cm³/mol. The van der Waals surface area contributed by atoms with Gasteiger partial charge in [0.1, 0.15) is 5.75 Å². The zero-order chi connectivity index (χ0) is 16.1. The Bertz CT molecular complexity index is 654. The maximum absolute atomic E-state index is 13.2. The number of carbonyl (C=O) groups excluding carboxylic acids is 1. The smallest absolute Gasteiger partial charge is 0.234 e. The molecule has 23 heavy (non-hydrogen) atoms. The molecule has 0 bridgehead atoms. The fourth-order valence-electron chi connectivity index (χ4n) is 3.08. The highest BCUT2D eigenvalue weighted by atomic mass is 16.5. The molecule has 3 heteroatoms. The highest BCUT2D eigenvalue weighted by Crippen LogP contribution is 2.35. The van der Waals surface area contributed by atoms with Crippen LogP contribution < -0.4 is 9.64 Å². The molecule has 0 saturated carbocycles. The van der Waals surface area contributed by atoms with Crippen molar-refractivity contribution in [2.45, 2.75) is 32.1 Å². The average Bonchev–Trinajstić information content (AvgIpc) is 2.62. The Morgan fingerprint density at radius 3 is 2.65 bits per heavy atom. The minimum Gasteiger partial charge on any atom is -0.493 e. The molecule has 2 aromatic carbocycles. The maximum atomic E-state index is 13.2. The van der Waals surface area contributed by atoms with E-state index in [-0.39, 0.29) is 11.8 Å². The Kier molecular flexibility index (Phi) is 4.96. The van der Waals surface area contributed by atoms with Crippen LogP contribution in [0.4, 0.5) is 5.69 Å². The largest absolute Gasteiger partial charge is 0.493 e. The van der Waals surface area contributed by atoms with E-state index in [1.54, 1.807) is 0 Å². The summed E-state index contributed by atoms with van der Waals surface area (Å²) in [4.78, 5) is 15.2. The third-order valence-corrected chi connectivity index (χ3v) is 4.33. The summed E-state index contributed by atoms with van der Waals surface area (Å²) >= 11 is 0. The summed E-state index contributed by atoms with van der Waals surface area (Å²) in [6, 6.07) is 17.9. The van der Waals surface area contributed by atoms with E-state index in [0.717, 1.165) is 42.8 Å². The molecule has 0 N–H and O–H groups in total. The second-order valence-corrected chi connectivity index (χ2v) is 5.91. The third-order valence-electron chi connectivity index (χ3n) is 4.33. The Balaban J connectivity index is 1.90. The number of carbonyl (C=O) groups is 1. The third kappa shape index (κ3) is 3.39. The van der Waals surface area contributed by atoms with Gasteiger partial charge in [-0.3, -0.25) is 4.79 Å². The first-order chi connectivity index (χ1) is 11.3. The van der Waals surface area contributed by atoms with Gasteiger partial charge in [-0.25, -0.2) is 0 Å². The van der Waals surface area contributed by atoms with Crippen molar-refractivity contribution in [1.29, 1.82) is 0 Å². The molecule has 2 aromatic rings. The number of fused-ring (bicyclic) bond motifs is 1. The molecule has 0 aromatic heterocycles. The molecule has 3 rings (SSSR count). The van der Waals surface area contributed by atoms with Gasteiger partial charge in [0.2, 0.25) is 5.91 Å². The molecule has 1 amide bonds. The van der Waals surface area contributed by atoms with Gasteiger partial charge >= 0.3 is 0 Å². The predicted octanol–water partition coefficient (Wildman–Crippen LogP) is 4.39. The number of amides is 1. The first kappa shape index (κ1) is 15.6. The van der Waals surface area contributed by atoms with Gasteiger partial charge in [-0.2, -0.15) is 0 Å². The first-order valence-corrected chi connectivity index (χ1v) is 8.39. The topological polar surface area (TPSA) is 29.5 Å². The van der Waals surface area contributed by atoms with Crippen LogP contribution in [0.2, 0.25) is 0 Å². The molecule has 0 fully saturated rings. The van der Waals surface area contributed by atoms with Crippen LogP contribution in [0.3, 0.4) is 0 Å². The lowest BCUT2D eigenvalue weighted by molar-refractivity contribution is -0.120. The van der Waals surface area contributed by atoms with Gasteiger partial charge in [-0.1, -0.05) is 49.7 Å². The maximum Gasteiger partial charge on any atom is 0.234 e. The summed E-state index contributed by atoms with van der Waals surface area (Å²) in [5.41, 5.74) is 2.00. The highest BCUT2D eigenvalue weighted by Gasteiger charge is 2.31. The quantitative estimate of drug-likeness (QED) is 0.820. The van der Waals surface area contributed by atoms with E-state index < -0.39 is 0 Å². The van der Waals surface area contributed by atoms with Crippen LogP contribution in [0, 0.1) is 0 Å². The molecule has 0 spiro atoms. The van der Waals surface area contributed by atoms with Crippen molar-refractivity contribution >= 4 is 11.6 Å². The van der Waals surface area contributed by atoms with Crippen LogP contribution in [-0.4, -0.2) is 19.1 Å². The van der Waals surface area contributed by atoms with E-state index in [1.165, 1.54) is 0 Å². The Hall–Kier alpha value is -2.29. The summed E-state index contributed by atoms with van der Waals surface area (Å²) in [5.74, 6) is 0.915. The summed E-state index contributed by atoms with van der Waals surface area (Å²) in [7, 11) is 0. The van der Waals surface area contributed by atoms with Crippen molar-refractivity contribution in [1.82, 2.24) is 0 Å². The molecule has 1 aliphatic heterocycles. The van der Waals surface area contributed by atoms with E-state index in [0.29, 0.717) is 6.61 Å². The van der Waals surface area contributed by atoms with E-state index in [1.807, 2.05) is 59.5 Å². The minimum atomic E-state index is -0.114. The summed E-state index contributed by atoms with van der Waals surface area (Å²) in [5, 5.41) is 0. The number of hydrogen-bond donors (Lipinski definition) is 0. The van der Waals surface area contributed by atoms with Crippen molar-refractivity contribution in [3.8, 4) is 5.75 Å². The lowest BCUT2D eigenvalue weighted by Crippen LogP contribution is -2.37. The second-order valence-electron chi connectivity index (χ2n) is 5.91. The monoisotopic (exact) mass is 309 g/mol. The van der Waals surface area contributed by atoms with Crippen molar-refractivity contribution in [3.05, 3.63) is 60.2 Å². The van der Waals surface area contributed by atoms with Gasteiger partial charge in [0.25, 0.3) is 0 Å². The number of unbranched alkanes of at least 4 members (excludes halogenated alkanes) is 1. The summed E-state index contributed by atoms with van der Waals surface area (Å²) in [6.45, 7) is 3.51. The van der Waals surface area contributed by atoms with Gasteiger partial charge in [0, 0.05) is 17.8 Å². The molecule has 0 aliphatic carbocycles. The molecule has 0 radical (unpaired) electrons. The number of anilines is 1. The summed E-state index contributed by atoms with van der Waals surface area (Å²) in [6.07, 6.45) is 2.82. The van der Waals surface area contributed by atoms with Crippen LogP contribution in [-0.2, 0) is 4.79 Å². The average molecular weight is 309 g/mol. The molecular weight excluding hydrogens is 286 g/mol. The van der Waals surface area contributed by atoms with Gasteiger partial charge in [0.15, 0.2) is 0 Å². The molecule has 3 nitrogen and oxygen atoms in total. The number of ether oxygens (including phenoxy) is 1. The lowest BCUT2D eigenvalue weighted by Gasteiger charge is -2.31. The van der Waals surface area contributed by atoms with Crippen molar-refractivity contribution in [3.63, 3.8) is 0 Å². The van der Waals surface area contributed by atoms with E-state index in [9.17, 15) is 4.79 Å². The van der Waals surface area contributed by atoms with Crippen LogP contribution in [0.25, 0.3) is 0 Å². The normalized spacial score (nSPS) is 16.3. The zero-order valence-corrected chi connectivity index (χ0v) is 13.6. The lowest BCUT2D eigenvalue weighted by atomic mass is 9.91. The number of hydrogen-bond acceptors (Lipinski definition) is 2. The number of rotatable bonds is 5. The molecular formula is C20H23NO2. The Morgan fingerprint density at radius 2 is 1.87 bits per heavy atom. The minimum absolute atomic E-state index is 0.114. The van der Waals surface area contributed by atoms with Gasteiger partial charge in [0.05, 0.1) is 12.5 Å². The Labute approximate surface area is 137 Å². The van der Waals surface area contributed by atoms with Gasteiger partial charge < -0.3 is 9.64 Å². The van der Waals surface area contributed by atoms with Crippen molar-refractivity contribution in [2.24, 2.45) is 0 Å². The highest BCUT2D eigenvalue weighted by molar-refractivity contribution is 5.98. The fourth-order valence-corrected chi connectivity index (χ4v) is 3.08. The van der Waals surface area contributed by atoms with Crippen LogP contribution in [0.1, 0.15) is 37.7 Å². The standard InChI is InChI=1S/C20H23NO2/c1-2-3-14-21(16-9-5-4-6-10-16)20(22)18-13-15-23-19-12-8-7-11-17(18)19/h4-12,18H,2-3,13-15H2,1H3. The molecule has 120 valence electrons. The van der Waals surface area contributed by atoms with Crippen LogP contribution in [0.15, 0.2) is 54.6 Å². The summed E-state index contributed by atoms with van der Waals surface area (Å²) < 4.78 is 5.70. The zero-order valence-electron chi connectivity index (χ0n) is 13.6. The van der Waals surface area contributed by atoms with Gasteiger partial charge in [-0.05, 0) is 31.0 Å². The first-order valence-electron chi connectivity index (χ1n) is 8.39. The Morgan fingerprint density at radius 1 is 1.13 bits per heavy atom. The number of nitrogens with zero attached hydrogens (tertiary/aromatic N) is 1. The van der Waals surface area contributed by atoms with Crippen LogP contribution in [0.5, 0.6) is 5.75 Å². The molecule has 1 unspecified atom stereocenters. The molecule has 0 saturated heterocycles. The molecule has 1 atom stereocenters. The SMILES string of the molecule is CCCCN(C(=O)C1CCOc2ccccc21)c1ccccc1. The van der Waals surface area contributed by atoms with Crippen molar-refractivity contribution in [2.75, 3.05) is 18.1 Å². The second kappa shape index (κ2) is 7.32. The van der Waals surface area contributed by atoms with Crippen molar-refractivity contribution < 1.29 is 9.53 Å². The number of benzene rings is 2. The molecule has 1 heterocycles. The fraction of sp³-hybridized carbons (Fsp3) is 0.350.